The highest BCUT2D eigenvalue weighted by atomic mass is 35.5. The van der Waals surface area contributed by atoms with Crippen LogP contribution >= 0.6 is 11.6 Å². The maximum Gasteiger partial charge on any atom is 0.273 e. The summed E-state index contributed by atoms with van der Waals surface area (Å²) in [6, 6.07) is 18.2. The van der Waals surface area contributed by atoms with Gasteiger partial charge in [-0.25, -0.2) is 5.01 Å². The zero-order valence-corrected chi connectivity index (χ0v) is 15.8. The second kappa shape index (κ2) is 7.05. The van der Waals surface area contributed by atoms with Crippen LogP contribution in [-0.2, 0) is 20.9 Å². The fourth-order valence-electron chi connectivity index (χ4n) is 3.39. The van der Waals surface area contributed by atoms with Crippen LogP contribution < -0.4 is 0 Å². The molecule has 0 fully saturated rings. The van der Waals surface area contributed by atoms with Crippen molar-refractivity contribution in [2.75, 3.05) is 7.05 Å². The molecule has 2 heterocycles. The van der Waals surface area contributed by atoms with Crippen molar-refractivity contribution in [2.24, 2.45) is 11.0 Å². The van der Waals surface area contributed by atoms with Crippen LogP contribution in [0.3, 0.4) is 0 Å². The van der Waals surface area contributed by atoms with Crippen molar-refractivity contribution >= 4 is 35.0 Å². The maximum absolute atomic E-state index is 13.1. The van der Waals surface area contributed by atoms with Crippen molar-refractivity contribution < 1.29 is 14.4 Å². The van der Waals surface area contributed by atoms with Gasteiger partial charge in [0.25, 0.3) is 17.7 Å². The summed E-state index contributed by atoms with van der Waals surface area (Å²) in [7, 11) is 1.52. The third-order valence-corrected chi connectivity index (χ3v) is 5.15. The van der Waals surface area contributed by atoms with E-state index in [-0.39, 0.29) is 17.2 Å². The van der Waals surface area contributed by atoms with Gasteiger partial charge in [-0.1, -0.05) is 72.3 Å². The standard InChI is InChI=1S/C21H16ClN3O3/c1-24-19(26)16(18(23-24)14-10-6-3-7-11-14)15-17(22)21(28)25(20(15)27)12-13-8-4-2-5-9-13/h2-11,16H,12H2,1H3. The molecule has 6 nitrogen and oxygen atoms in total. The van der Waals surface area contributed by atoms with Gasteiger partial charge in [-0.15, -0.1) is 0 Å². The highest BCUT2D eigenvalue weighted by Gasteiger charge is 2.48. The Balaban J connectivity index is 1.71. The van der Waals surface area contributed by atoms with E-state index >= 15 is 0 Å². The van der Waals surface area contributed by atoms with Crippen LogP contribution in [0.4, 0.5) is 0 Å². The van der Waals surface area contributed by atoms with E-state index in [9.17, 15) is 14.4 Å². The van der Waals surface area contributed by atoms with Crippen LogP contribution in [0.1, 0.15) is 11.1 Å². The van der Waals surface area contributed by atoms with Gasteiger partial charge in [-0.2, -0.15) is 5.10 Å². The topological polar surface area (TPSA) is 70.1 Å². The third kappa shape index (κ3) is 2.92. The summed E-state index contributed by atoms with van der Waals surface area (Å²) in [5.74, 6) is -2.55. The zero-order valence-electron chi connectivity index (χ0n) is 15.0. The Morgan fingerprint density at radius 1 is 0.929 bits per heavy atom. The average molecular weight is 394 g/mol. The molecule has 1 atom stereocenters. The quantitative estimate of drug-likeness (QED) is 0.749. The van der Waals surface area contributed by atoms with Gasteiger partial charge in [-0.05, 0) is 11.1 Å². The van der Waals surface area contributed by atoms with E-state index in [2.05, 4.69) is 5.10 Å². The van der Waals surface area contributed by atoms with Gasteiger partial charge in [0.15, 0.2) is 0 Å². The number of halogens is 1. The first-order valence-electron chi connectivity index (χ1n) is 8.70. The minimum absolute atomic E-state index is 0.0143. The number of nitrogens with zero attached hydrogens (tertiary/aromatic N) is 3. The van der Waals surface area contributed by atoms with Gasteiger partial charge in [0.05, 0.1) is 17.8 Å². The molecule has 1 unspecified atom stereocenters. The molecule has 4 rings (SSSR count). The minimum Gasteiger partial charge on any atom is -0.272 e. The number of benzene rings is 2. The Bertz CT molecular complexity index is 1030. The summed E-state index contributed by atoms with van der Waals surface area (Å²) < 4.78 is 0. The van der Waals surface area contributed by atoms with Gasteiger partial charge in [-0.3, -0.25) is 19.3 Å². The first kappa shape index (κ1) is 18.1. The second-order valence-electron chi connectivity index (χ2n) is 6.56. The van der Waals surface area contributed by atoms with Crippen molar-refractivity contribution in [2.45, 2.75) is 6.54 Å². The summed E-state index contributed by atoms with van der Waals surface area (Å²) >= 11 is 6.27. The van der Waals surface area contributed by atoms with Crippen LogP contribution in [0, 0.1) is 5.92 Å². The van der Waals surface area contributed by atoms with E-state index < -0.39 is 23.6 Å². The van der Waals surface area contributed by atoms with E-state index in [0.29, 0.717) is 11.3 Å². The number of carbonyl (C=O) groups is 3. The molecule has 0 saturated heterocycles. The van der Waals surface area contributed by atoms with E-state index in [1.165, 1.54) is 12.1 Å². The van der Waals surface area contributed by atoms with E-state index in [0.717, 1.165) is 10.5 Å². The SMILES string of the molecule is CN1N=C(c2ccccc2)C(C2=C(Cl)C(=O)N(Cc3ccccc3)C2=O)C1=O. The lowest BCUT2D eigenvalue weighted by Gasteiger charge is -2.17. The molecule has 0 spiro atoms. The molecule has 0 radical (unpaired) electrons. The summed E-state index contributed by atoms with van der Waals surface area (Å²) in [6.07, 6.45) is 0. The smallest absolute Gasteiger partial charge is 0.272 e. The molecule has 2 aliphatic rings. The molecule has 0 bridgehead atoms. The van der Waals surface area contributed by atoms with E-state index in [1.807, 2.05) is 48.5 Å². The molecular formula is C21H16ClN3O3. The summed E-state index contributed by atoms with van der Waals surface area (Å²) in [4.78, 5) is 39.6. The predicted octanol–water partition coefficient (Wildman–Crippen LogP) is 2.54. The molecule has 0 aliphatic carbocycles. The number of amides is 3. The van der Waals surface area contributed by atoms with Gasteiger partial charge in [0.2, 0.25) is 0 Å². The molecule has 2 aromatic rings. The molecule has 2 aromatic carbocycles. The lowest BCUT2D eigenvalue weighted by Crippen LogP contribution is -2.35. The third-order valence-electron chi connectivity index (χ3n) is 4.78. The number of hydrazone groups is 1. The van der Waals surface area contributed by atoms with Crippen LogP contribution in [0.2, 0.25) is 0 Å². The Morgan fingerprint density at radius 2 is 1.54 bits per heavy atom. The van der Waals surface area contributed by atoms with E-state index in [4.69, 9.17) is 11.6 Å². The Morgan fingerprint density at radius 3 is 2.18 bits per heavy atom. The molecule has 28 heavy (non-hydrogen) atoms. The van der Waals surface area contributed by atoms with Gasteiger partial charge in [0.1, 0.15) is 11.0 Å². The molecular weight excluding hydrogens is 378 g/mol. The lowest BCUT2D eigenvalue weighted by molar-refractivity contribution is -0.139. The zero-order chi connectivity index (χ0) is 19.8. The maximum atomic E-state index is 13.1. The van der Waals surface area contributed by atoms with Crippen molar-refractivity contribution in [1.29, 1.82) is 0 Å². The normalized spacial score (nSPS) is 19.7. The van der Waals surface area contributed by atoms with Crippen molar-refractivity contribution in [3.63, 3.8) is 0 Å². The van der Waals surface area contributed by atoms with Crippen LogP contribution in [0.15, 0.2) is 76.4 Å². The molecule has 2 aliphatic heterocycles. The summed E-state index contributed by atoms with van der Waals surface area (Å²) in [5, 5.41) is 5.25. The highest BCUT2D eigenvalue weighted by Crippen LogP contribution is 2.36. The van der Waals surface area contributed by atoms with Crippen molar-refractivity contribution in [3.05, 3.63) is 82.4 Å². The second-order valence-corrected chi connectivity index (χ2v) is 6.93. The molecule has 0 saturated carbocycles. The number of hydrogen-bond acceptors (Lipinski definition) is 4. The monoisotopic (exact) mass is 393 g/mol. The molecule has 3 amide bonds. The van der Waals surface area contributed by atoms with Crippen LogP contribution in [-0.4, -0.2) is 40.4 Å². The Kier molecular flexibility index (Phi) is 4.57. The largest absolute Gasteiger partial charge is 0.273 e. The fourth-order valence-corrected chi connectivity index (χ4v) is 3.68. The van der Waals surface area contributed by atoms with Crippen LogP contribution in [0.5, 0.6) is 0 Å². The number of imide groups is 1. The van der Waals surface area contributed by atoms with Gasteiger partial charge >= 0.3 is 0 Å². The Hall–Kier alpha value is -3.25. The van der Waals surface area contributed by atoms with Crippen molar-refractivity contribution in [3.8, 4) is 0 Å². The fraction of sp³-hybridized carbons (Fsp3) is 0.143. The van der Waals surface area contributed by atoms with Gasteiger partial charge in [0, 0.05) is 7.05 Å². The molecule has 7 heteroatoms. The average Bonchev–Trinajstić information content (AvgIpc) is 3.11. The predicted molar refractivity (Wildman–Crippen MR) is 104 cm³/mol. The first-order chi connectivity index (χ1) is 13.5. The van der Waals surface area contributed by atoms with Crippen molar-refractivity contribution in [1.82, 2.24) is 9.91 Å². The lowest BCUT2D eigenvalue weighted by atomic mass is 9.89. The molecule has 140 valence electrons. The van der Waals surface area contributed by atoms with Gasteiger partial charge < -0.3 is 0 Å². The number of hydrogen-bond donors (Lipinski definition) is 0. The number of carbonyl (C=O) groups excluding carboxylic acids is 3. The first-order valence-corrected chi connectivity index (χ1v) is 9.08. The van der Waals surface area contributed by atoms with Crippen LogP contribution in [0.25, 0.3) is 0 Å². The summed E-state index contributed by atoms with van der Waals surface area (Å²) in [5.41, 5.74) is 1.88. The Labute approximate surface area is 166 Å². The highest BCUT2D eigenvalue weighted by molar-refractivity contribution is 6.49. The molecule has 0 N–H and O–H groups in total. The minimum atomic E-state index is -1.00. The molecule has 0 aromatic heterocycles. The summed E-state index contributed by atoms with van der Waals surface area (Å²) in [6.45, 7) is 0.0901. The number of rotatable bonds is 4. The van der Waals surface area contributed by atoms with E-state index in [1.54, 1.807) is 12.1 Å².